The van der Waals surface area contributed by atoms with Gasteiger partial charge in [-0.2, -0.15) is 0 Å². The zero-order valence-electron chi connectivity index (χ0n) is 20.2. The number of carbonyl (C=O) groups is 4. The van der Waals surface area contributed by atoms with Gasteiger partial charge in [-0.25, -0.2) is 0 Å². The summed E-state index contributed by atoms with van der Waals surface area (Å²) in [7, 11) is 4.09. The van der Waals surface area contributed by atoms with Crippen molar-refractivity contribution in [3.63, 3.8) is 0 Å². The van der Waals surface area contributed by atoms with Crippen molar-refractivity contribution in [1.29, 1.82) is 0 Å². The van der Waals surface area contributed by atoms with Gasteiger partial charge in [0.25, 0.3) is 0 Å². The fraction of sp³-hybridized carbons (Fsp3) is 0.286. The van der Waals surface area contributed by atoms with Crippen molar-refractivity contribution < 1.29 is 33.4 Å². The number of hydrogen-bond donors (Lipinski definition) is 1. The lowest BCUT2D eigenvalue weighted by molar-refractivity contribution is 0.0896. The molecule has 184 valence electrons. The van der Waals surface area contributed by atoms with Gasteiger partial charge in [0, 0.05) is 34.7 Å². The van der Waals surface area contributed by atoms with E-state index in [1.54, 1.807) is 30.3 Å². The highest BCUT2D eigenvalue weighted by atomic mass is 16.5. The summed E-state index contributed by atoms with van der Waals surface area (Å²) in [5.41, 5.74) is 0.358. The number of ketones is 4. The molecule has 8 nitrogen and oxygen atoms in total. The molecule has 0 radical (unpaired) electrons. The van der Waals surface area contributed by atoms with Crippen LogP contribution in [-0.2, 0) is 4.74 Å². The first-order valence-corrected chi connectivity index (χ1v) is 11.7. The van der Waals surface area contributed by atoms with Crippen molar-refractivity contribution >= 4 is 23.1 Å². The summed E-state index contributed by atoms with van der Waals surface area (Å²) in [6.07, 6.45) is 1.45. The number of piperidine rings is 1. The molecule has 1 aliphatic heterocycles. The van der Waals surface area contributed by atoms with Crippen molar-refractivity contribution in [2.75, 3.05) is 34.4 Å². The maximum atomic E-state index is 14.2. The fourth-order valence-electron chi connectivity index (χ4n) is 5.38. The predicted molar refractivity (Wildman–Crippen MR) is 130 cm³/mol. The molecule has 36 heavy (non-hydrogen) atoms. The quantitative estimate of drug-likeness (QED) is 0.684. The second-order valence-electron chi connectivity index (χ2n) is 8.82. The van der Waals surface area contributed by atoms with Crippen LogP contribution < -0.4 is 14.8 Å². The highest BCUT2D eigenvalue weighted by Crippen LogP contribution is 2.43. The molecular formula is C28H25NO7. The van der Waals surface area contributed by atoms with E-state index in [0.29, 0.717) is 13.0 Å². The molecule has 1 heterocycles. The Bertz CT molecular complexity index is 1390. The van der Waals surface area contributed by atoms with Crippen molar-refractivity contribution in [2.45, 2.75) is 12.8 Å². The molecule has 0 saturated carbocycles. The minimum absolute atomic E-state index is 0.0421. The summed E-state index contributed by atoms with van der Waals surface area (Å²) in [5.74, 6) is -2.24. The number of rotatable bonds is 5. The van der Waals surface area contributed by atoms with Crippen molar-refractivity contribution in [3.8, 4) is 11.5 Å². The average molecular weight is 488 g/mol. The number of nitrogens with one attached hydrogen (secondary N) is 1. The Labute approximate surface area is 207 Å². The first-order chi connectivity index (χ1) is 17.4. The second kappa shape index (κ2) is 9.20. The maximum absolute atomic E-state index is 14.2. The van der Waals surface area contributed by atoms with Gasteiger partial charge in [-0.05, 0) is 37.6 Å². The summed E-state index contributed by atoms with van der Waals surface area (Å²) in [6.45, 7) is 1.26. The number of hydrogen-bond acceptors (Lipinski definition) is 8. The second-order valence-corrected chi connectivity index (χ2v) is 8.82. The number of Topliss-reactive ketones (excluding diaryl/α,β-unsaturated/α-hetero) is 4. The molecular weight excluding hydrogens is 462 g/mol. The first-order valence-electron chi connectivity index (χ1n) is 11.7. The summed E-state index contributed by atoms with van der Waals surface area (Å²) < 4.78 is 16.3. The Morgan fingerprint density at radius 1 is 0.722 bits per heavy atom. The average Bonchev–Trinajstić information content (AvgIpc) is 2.92. The Morgan fingerprint density at radius 2 is 1.31 bits per heavy atom. The summed E-state index contributed by atoms with van der Waals surface area (Å²) in [5, 5.41) is 3.28. The molecule has 0 spiro atoms. The molecule has 2 aromatic carbocycles. The molecule has 1 N–H and O–H groups in total. The van der Waals surface area contributed by atoms with E-state index in [4.69, 9.17) is 14.2 Å². The van der Waals surface area contributed by atoms with Gasteiger partial charge in [0.05, 0.1) is 38.0 Å². The lowest BCUT2D eigenvalue weighted by Gasteiger charge is -2.32. The molecule has 1 fully saturated rings. The van der Waals surface area contributed by atoms with Crippen LogP contribution in [0.4, 0.5) is 0 Å². The molecule has 8 heteroatoms. The van der Waals surface area contributed by atoms with Crippen LogP contribution in [0.5, 0.6) is 11.5 Å². The van der Waals surface area contributed by atoms with Gasteiger partial charge in [-0.1, -0.05) is 18.2 Å². The third-order valence-electron chi connectivity index (χ3n) is 7.00. The third kappa shape index (κ3) is 3.40. The molecule has 0 amide bonds. The lowest BCUT2D eigenvalue weighted by Crippen LogP contribution is -2.38. The molecule has 1 saturated heterocycles. The predicted octanol–water partition coefficient (Wildman–Crippen LogP) is 3.36. The van der Waals surface area contributed by atoms with E-state index in [9.17, 15) is 19.2 Å². The number of carbonyl (C=O) groups excluding carboxylic acids is 4. The Kier molecular flexibility index (Phi) is 6.05. The van der Waals surface area contributed by atoms with E-state index in [-0.39, 0.29) is 67.9 Å². The van der Waals surface area contributed by atoms with Gasteiger partial charge in [0.15, 0.2) is 17.3 Å². The summed E-state index contributed by atoms with van der Waals surface area (Å²) in [4.78, 5) is 55.7. The summed E-state index contributed by atoms with van der Waals surface area (Å²) >= 11 is 0. The van der Waals surface area contributed by atoms with Crippen LogP contribution in [0.15, 0.2) is 58.9 Å². The van der Waals surface area contributed by atoms with Gasteiger partial charge in [0.2, 0.25) is 11.6 Å². The number of benzene rings is 2. The normalized spacial score (nSPS) is 19.8. The monoisotopic (exact) mass is 487 g/mol. The van der Waals surface area contributed by atoms with Crippen LogP contribution in [0.3, 0.4) is 0 Å². The zero-order valence-corrected chi connectivity index (χ0v) is 20.2. The summed E-state index contributed by atoms with van der Waals surface area (Å²) in [6, 6.07) is 9.53. The molecule has 3 aliphatic rings. The van der Waals surface area contributed by atoms with Gasteiger partial charge < -0.3 is 19.5 Å². The Hall–Kier alpha value is -4.04. The number of ether oxygens (including phenoxy) is 3. The van der Waals surface area contributed by atoms with E-state index in [1.807, 2.05) is 0 Å². The van der Waals surface area contributed by atoms with E-state index in [1.165, 1.54) is 27.4 Å². The van der Waals surface area contributed by atoms with Crippen LogP contribution in [0.1, 0.15) is 54.3 Å². The Morgan fingerprint density at radius 3 is 1.83 bits per heavy atom. The van der Waals surface area contributed by atoms with Gasteiger partial charge >= 0.3 is 0 Å². The topological polar surface area (TPSA) is 108 Å². The van der Waals surface area contributed by atoms with Crippen LogP contribution in [0, 0.1) is 5.92 Å². The minimum atomic E-state index is -0.602. The molecule has 1 atom stereocenters. The van der Waals surface area contributed by atoms with E-state index in [2.05, 4.69) is 5.32 Å². The van der Waals surface area contributed by atoms with Crippen LogP contribution in [0.2, 0.25) is 0 Å². The van der Waals surface area contributed by atoms with E-state index in [0.717, 1.165) is 13.0 Å². The van der Waals surface area contributed by atoms with Gasteiger partial charge in [0.1, 0.15) is 11.5 Å². The molecule has 0 bridgehead atoms. The maximum Gasteiger partial charge on any atom is 0.229 e. The first kappa shape index (κ1) is 23.7. The highest BCUT2D eigenvalue weighted by molar-refractivity contribution is 6.37. The molecule has 1 unspecified atom stereocenters. The van der Waals surface area contributed by atoms with Crippen molar-refractivity contribution in [2.24, 2.45) is 5.92 Å². The molecule has 0 aromatic heterocycles. The lowest BCUT2D eigenvalue weighted by atomic mass is 9.71. The van der Waals surface area contributed by atoms with Crippen LogP contribution >= 0.6 is 0 Å². The number of fused-ring (bicyclic) bond motifs is 2. The largest absolute Gasteiger partial charge is 0.496 e. The van der Waals surface area contributed by atoms with Crippen molar-refractivity contribution in [1.82, 2.24) is 5.32 Å². The zero-order chi connectivity index (χ0) is 25.6. The smallest absolute Gasteiger partial charge is 0.229 e. The molecule has 2 aliphatic carbocycles. The number of methoxy groups -OCH3 is 3. The third-order valence-corrected chi connectivity index (χ3v) is 7.00. The van der Waals surface area contributed by atoms with E-state index >= 15 is 0 Å². The van der Waals surface area contributed by atoms with Gasteiger partial charge in [-0.15, -0.1) is 0 Å². The minimum Gasteiger partial charge on any atom is -0.496 e. The van der Waals surface area contributed by atoms with Crippen molar-refractivity contribution in [3.05, 3.63) is 81.1 Å². The highest BCUT2D eigenvalue weighted by Gasteiger charge is 2.45. The van der Waals surface area contributed by atoms with Gasteiger partial charge in [-0.3, -0.25) is 19.2 Å². The van der Waals surface area contributed by atoms with E-state index < -0.39 is 17.3 Å². The van der Waals surface area contributed by atoms with Crippen LogP contribution in [-0.4, -0.2) is 57.6 Å². The fourth-order valence-corrected chi connectivity index (χ4v) is 5.38. The molecule has 5 rings (SSSR count). The Balaban J connectivity index is 1.84. The molecule has 2 aromatic rings. The van der Waals surface area contributed by atoms with Crippen LogP contribution in [0.25, 0.3) is 0 Å². The standard InChI is InChI=1S/C28H25NO7/c1-34-17-10-4-8-15-20(17)26(32)22(19(24(15)30)14-7-6-12-29-13-14)23-27(33)21-16(25(31)28(23)36-3)9-5-11-18(21)35-2/h4-5,8-11,14,29H,6-7,12-13H2,1-3H3. The number of allylic oxidation sites excluding steroid dienone is 3. The SMILES string of the molecule is COC1=C(C2=C(C3CCCNC3)C(=O)c3cccc(OC)c3C2=O)C(=O)c2c(OC)cccc2C1=O.